The molecule has 0 spiro atoms. The van der Waals surface area contributed by atoms with Gasteiger partial charge in [0.15, 0.2) is 0 Å². The number of hydrogen-bond acceptors (Lipinski definition) is 4. The summed E-state index contributed by atoms with van der Waals surface area (Å²) in [5.41, 5.74) is 5.31. The van der Waals surface area contributed by atoms with Gasteiger partial charge in [0.1, 0.15) is 5.01 Å². The molecule has 116 valence electrons. The smallest absolute Gasteiger partial charge is 0.246 e. The van der Waals surface area contributed by atoms with Crippen LogP contribution in [0.1, 0.15) is 23.2 Å². The summed E-state index contributed by atoms with van der Waals surface area (Å²) in [4.78, 5) is 16.2. The molecule has 0 radical (unpaired) electrons. The van der Waals surface area contributed by atoms with Crippen LogP contribution in [0.5, 0.6) is 0 Å². The van der Waals surface area contributed by atoms with Crippen molar-refractivity contribution in [3.05, 3.63) is 64.1 Å². The lowest BCUT2D eigenvalue weighted by Gasteiger charge is -2.04. The van der Waals surface area contributed by atoms with Gasteiger partial charge in [-0.05, 0) is 36.2 Å². The summed E-state index contributed by atoms with van der Waals surface area (Å²) in [6, 6.07) is 14.3. The second kappa shape index (κ2) is 6.71. The topological polar surface area (TPSA) is 54.4 Å². The SMILES string of the molecule is C/C(=N/NC(=O)Cc1nc(C)cs1)c1ccc2ccccc2c1. The minimum atomic E-state index is -0.153. The number of carbonyl (C=O) groups excluding carboxylic acids is 1. The van der Waals surface area contributed by atoms with Crippen LogP contribution in [-0.2, 0) is 11.2 Å². The van der Waals surface area contributed by atoms with Crippen LogP contribution < -0.4 is 5.43 Å². The van der Waals surface area contributed by atoms with E-state index in [0.29, 0.717) is 0 Å². The lowest BCUT2D eigenvalue weighted by Crippen LogP contribution is -2.21. The van der Waals surface area contributed by atoms with Crippen LogP contribution in [0.4, 0.5) is 0 Å². The predicted octanol–water partition coefficient (Wildman–Crippen LogP) is 3.69. The van der Waals surface area contributed by atoms with Crippen LogP contribution in [0.25, 0.3) is 10.8 Å². The number of aromatic nitrogens is 1. The second-order valence-corrected chi connectivity index (χ2v) is 6.30. The van der Waals surface area contributed by atoms with E-state index in [2.05, 4.69) is 39.8 Å². The number of carbonyl (C=O) groups is 1. The molecule has 5 heteroatoms. The van der Waals surface area contributed by atoms with Crippen molar-refractivity contribution >= 4 is 33.7 Å². The van der Waals surface area contributed by atoms with Crippen LogP contribution in [0.15, 0.2) is 52.9 Å². The first-order valence-electron chi connectivity index (χ1n) is 7.35. The number of nitrogens with zero attached hydrogens (tertiary/aromatic N) is 2. The van der Waals surface area contributed by atoms with Gasteiger partial charge in [-0.25, -0.2) is 10.4 Å². The minimum Gasteiger partial charge on any atom is -0.273 e. The van der Waals surface area contributed by atoms with E-state index in [1.165, 1.54) is 16.7 Å². The first-order chi connectivity index (χ1) is 11.1. The highest BCUT2D eigenvalue weighted by atomic mass is 32.1. The summed E-state index contributed by atoms with van der Waals surface area (Å²) in [6.07, 6.45) is 0.257. The molecule has 0 aliphatic heterocycles. The second-order valence-electron chi connectivity index (χ2n) is 5.35. The number of aryl methyl sites for hydroxylation is 1. The van der Waals surface area contributed by atoms with Crippen LogP contribution in [-0.4, -0.2) is 16.6 Å². The molecular formula is C18H17N3OS. The van der Waals surface area contributed by atoms with Crippen molar-refractivity contribution in [3.63, 3.8) is 0 Å². The number of hydrazone groups is 1. The maximum Gasteiger partial charge on any atom is 0.246 e. The summed E-state index contributed by atoms with van der Waals surface area (Å²) in [5, 5.41) is 9.28. The number of fused-ring (bicyclic) bond motifs is 1. The zero-order chi connectivity index (χ0) is 16.2. The van der Waals surface area contributed by atoms with E-state index < -0.39 is 0 Å². The van der Waals surface area contributed by atoms with Crippen LogP contribution >= 0.6 is 11.3 Å². The third-order valence-corrected chi connectivity index (χ3v) is 4.46. The normalized spacial score (nSPS) is 11.7. The quantitative estimate of drug-likeness (QED) is 0.588. The van der Waals surface area contributed by atoms with Gasteiger partial charge < -0.3 is 0 Å². The van der Waals surface area contributed by atoms with E-state index in [0.717, 1.165) is 27.4 Å². The van der Waals surface area contributed by atoms with Crippen molar-refractivity contribution in [3.8, 4) is 0 Å². The van der Waals surface area contributed by atoms with Crippen LogP contribution in [0, 0.1) is 6.92 Å². The molecule has 0 saturated carbocycles. The van der Waals surface area contributed by atoms with Gasteiger partial charge in [0, 0.05) is 11.1 Å². The predicted molar refractivity (Wildman–Crippen MR) is 94.9 cm³/mol. The highest BCUT2D eigenvalue weighted by molar-refractivity contribution is 7.09. The average molecular weight is 323 g/mol. The van der Waals surface area contributed by atoms with Gasteiger partial charge in [0.25, 0.3) is 0 Å². The number of hydrogen-bond donors (Lipinski definition) is 1. The van der Waals surface area contributed by atoms with Gasteiger partial charge in [-0.1, -0.05) is 36.4 Å². The Bertz CT molecular complexity index is 883. The van der Waals surface area contributed by atoms with E-state index in [4.69, 9.17) is 0 Å². The average Bonchev–Trinajstić information content (AvgIpc) is 2.97. The van der Waals surface area contributed by atoms with Gasteiger partial charge in [-0.3, -0.25) is 4.79 Å². The van der Waals surface area contributed by atoms with Crippen molar-refractivity contribution in [2.24, 2.45) is 5.10 Å². The monoisotopic (exact) mass is 323 g/mol. The summed E-state index contributed by atoms with van der Waals surface area (Å²) in [5.74, 6) is -0.153. The highest BCUT2D eigenvalue weighted by Gasteiger charge is 2.06. The molecule has 1 N–H and O–H groups in total. The zero-order valence-electron chi connectivity index (χ0n) is 13.0. The van der Waals surface area contributed by atoms with Crippen molar-refractivity contribution in [1.82, 2.24) is 10.4 Å². The Hall–Kier alpha value is -2.53. The third kappa shape index (κ3) is 3.81. The molecule has 1 aromatic heterocycles. The molecule has 3 aromatic rings. The van der Waals surface area contributed by atoms with E-state index in [1.54, 1.807) is 0 Å². The molecule has 2 aromatic carbocycles. The molecule has 0 fully saturated rings. The Morgan fingerprint density at radius 2 is 2.00 bits per heavy atom. The molecule has 3 rings (SSSR count). The number of nitrogens with one attached hydrogen (secondary N) is 1. The first-order valence-corrected chi connectivity index (χ1v) is 8.23. The third-order valence-electron chi connectivity index (χ3n) is 3.49. The van der Waals surface area contributed by atoms with Crippen molar-refractivity contribution in [1.29, 1.82) is 0 Å². The Labute approximate surface area is 138 Å². The van der Waals surface area contributed by atoms with E-state index in [1.807, 2.05) is 37.4 Å². The molecule has 0 aliphatic carbocycles. The lowest BCUT2D eigenvalue weighted by molar-refractivity contribution is -0.120. The summed E-state index contributed by atoms with van der Waals surface area (Å²) < 4.78 is 0. The molecule has 0 atom stereocenters. The van der Waals surface area contributed by atoms with E-state index >= 15 is 0 Å². The fraction of sp³-hybridized carbons (Fsp3) is 0.167. The largest absolute Gasteiger partial charge is 0.273 e. The number of thiazole rings is 1. The van der Waals surface area contributed by atoms with Gasteiger partial charge in [0.05, 0.1) is 12.1 Å². The molecule has 0 bridgehead atoms. The van der Waals surface area contributed by atoms with Crippen molar-refractivity contribution in [2.75, 3.05) is 0 Å². The Morgan fingerprint density at radius 3 is 2.74 bits per heavy atom. The maximum atomic E-state index is 11.9. The summed E-state index contributed by atoms with van der Waals surface area (Å²) >= 11 is 1.49. The van der Waals surface area contributed by atoms with Gasteiger partial charge in [0.2, 0.25) is 5.91 Å². The Balaban J connectivity index is 1.69. The zero-order valence-corrected chi connectivity index (χ0v) is 13.9. The standard InChI is InChI=1S/C18H17N3OS/c1-12-11-23-18(19-12)10-17(22)21-20-13(2)15-8-7-14-5-3-4-6-16(14)9-15/h3-9,11H,10H2,1-2H3,(H,21,22)/b20-13-. The highest BCUT2D eigenvalue weighted by Crippen LogP contribution is 2.16. The first kappa shape index (κ1) is 15.4. The molecule has 1 heterocycles. The molecule has 0 unspecified atom stereocenters. The van der Waals surface area contributed by atoms with Crippen LogP contribution in [0.3, 0.4) is 0 Å². The van der Waals surface area contributed by atoms with Gasteiger partial charge >= 0.3 is 0 Å². The number of amides is 1. The van der Waals surface area contributed by atoms with E-state index in [-0.39, 0.29) is 12.3 Å². The van der Waals surface area contributed by atoms with E-state index in [9.17, 15) is 4.79 Å². The number of rotatable bonds is 4. The number of benzene rings is 2. The maximum absolute atomic E-state index is 11.9. The van der Waals surface area contributed by atoms with Crippen LogP contribution in [0.2, 0.25) is 0 Å². The summed E-state index contributed by atoms with van der Waals surface area (Å²) in [7, 11) is 0. The molecular weight excluding hydrogens is 306 g/mol. The fourth-order valence-corrected chi connectivity index (χ4v) is 3.06. The Morgan fingerprint density at radius 1 is 1.22 bits per heavy atom. The lowest BCUT2D eigenvalue weighted by atomic mass is 10.0. The molecule has 1 amide bonds. The molecule has 23 heavy (non-hydrogen) atoms. The van der Waals surface area contributed by atoms with Gasteiger partial charge in [-0.2, -0.15) is 5.10 Å². The van der Waals surface area contributed by atoms with Crippen molar-refractivity contribution in [2.45, 2.75) is 20.3 Å². The molecule has 0 saturated heterocycles. The minimum absolute atomic E-state index is 0.153. The Kier molecular flexibility index (Phi) is 4.48. The molecule has 4 nitrogen and oxygen atoms in total. The van der Waals surface area contributed by atoms with Gasteiger partial charge in [-0.15, -0.1) is 11.3 Å². The van der Waals surface area contributed by atoms with Crippen molar-refractivity contribution < 1.29 is 4.79 Å². The molecule has 0 aliphatic rings. The fourth-order valence-electron chi connectivity index (χ4n) is 2.29. The summed E-state index contributed by atoms with van der Waals surface area (Å²) in [6.45, 7) is 3.80.